The summed E-state index contributed by atoms with van der Waals surface area (Å²) in [7, 11) is 0. The molecule has 0 spiro atoms. The third-order valence-electron chi connectivity index (χ3n) is 3.15. The molecule has 0 bridgehead atoms. The van der Waals surface area contributed by atoms with Gasteiger partial charge in [-0.1, -0.05) is 32.9 Å². The summed E-state index contributed by atoms with van der Waals surface area (Å²) >= 11 is 0. The van der Waals surface area contributed by atoms with Gasteiger partial charge in [0.2, 0.25) is 0 Å². The van der Waals surface area contributed by atoms with Crippen LogP contribution in [0, 0.1) is 5.41 Å². The van der Waals surface area contributed by atoms with Gasteiger partial charge < -0.3 is 5.73 Å². The normalized spacial score (nSPS) is 14.2. The highest BCUT2D eigenvalue weighted by molar-refractivity contribution is 5.05. The molecule has 15 heavy (non-hydrogen) atoms. The molecule has 0 aromatic carbocycles. The van der Waals surface area contributed by atoms with Gasteiger partial charge in [0.05, 0.1) is 17.9 Å². The predicted octanol–water partition coefficient (Wildman–Crippen LogP) is 2.12. The molecule has 1 heterocycles. The van der Waals surface area contributed by atoms with Crippen molar-refractivity contribution in [3.63, 3.8) is 0 Å². The van der Waals surface area contributed by atoms with Crippen LogP contribution in [0.15, 0.2) is 6.20 Å². The minimum atomic E-state index is 0.00375. The molecule has 4 nitrogen and oxygen atoms in total. The van der Waals surface area contributed by atoms with Crippen LogP contribution in [0.3, 0.4) is 0 Å². The molecule has 0 radical (unpaired) electrons. The smallest absolute Gasteiger partial charge is 0.0759 e. The fraction of sp³-hybridized carbons (Fsp3) is 0.818. The number of hydrogen-bond acceptors (Lipinski definition) is 3. The van der Waals surface area contributed by atoms with Crippen LogP contribution >= 0.6 is 0 Å². The van der Waals surface area contributed by atoms with Crippen molar-refractivity contribution in [2.75, 3.05) is 0 Å². The Balaban J connectivity index is 2.90. The first-order chi connectivity index (χ1) is 7.03. The SMILES string of the molecule is CCCn1nncc1C(N)C(C)(C)CC. The van der Waals surface area contributed by atoms with Gasteiger partial charge in [-0.3, -0.25) is 0 Å². The van der Waals surface area contributed by atoms with Crippen LogP contribution in [-0.2, 0) is 6.54 Å². The average molecular weight is 210 g/mol. The molecule has 1 unspecified atom stereocenters. The van der Waals surface area contributed by atoms with E-state index in [0.717, 1.165) is 25.1 Å². The molecule has 0 saturated carbocycles. The molecule has 0 aliphatic heterocycles. The predicted molar refractivity (Wildman–Crippen MR) is 61.3 cm³/mol. The van der Waals surface area contributed by atoms with E-state index in [1.807, 2.05) is 4.68 Å². The highest BCUT2D eigenvalue weighted by atomic mass is 15.4. The Hall–Kier alpha value is -0.900. The van der Waals surface area contributed by atoms with Crippen molar-refractivity contribution in [2.24, 2.45) is 11.1 Å². The number of nitrogens with zero attached hydrogens (tertiary/aromatic N) is 3. The van der Waals surface area contributed by atoms with Crippen molar-refractivity contribution < 1.29 is 0 Å². The van der Waals surface area contributed by atoms with Crippen LogP contribution < -0.4 is 5.73 Å². The lowest BCUT2D eigenvalue weighted by molar-refractivity contribution is 0.265. The summed E-state index contributed by atoms with van der Waals surface area (Å²) in [5, 5.41) is 8.00. The summed E-state index contributed by atoms with van der Waals surface area (Å²) in [5.41, 5.74) is 7.39. The Morgan fingerprint density at radius 2 is 2.13 bits per heavy atom. The van der Waals surface area contributed by atoms with Crippen LogP contribution in [0.5, 0.6) is 0 Å². The summed E-state index contributed by atoms with van der Waals surface area (Å²) in [4.78, 5) is 0. The molecule has 0 saturated heterocycles. The second kappa shape index (κ2) is 4.75. The number of hydrogen-bond donors (Lipinski definition) is 1. The minimum Gasteiger partial charge on any atom is -0.322 e. The third kappa shape index (κ3) is 2.56. The molecule has 0 fully saturated rings. The van der Waals surface area contributed by atoms with E-state index in [-0.39, 0.29) is 11.5 Å². The standard InChI is InChI=1S/C11H22N4/c1-5-7-15-9(8-13-14-15)10(12)11(3,4)6-2/h8,10H,5-7,12H2,1-4H3. The van der Waals surface area contributed by atoms with Crippen molar-refractivity contribution in [3.8, 4) is 0 Å². The molecule has 1 aromatic rings. The van der Waals surface area contributed by atoms with Gasteiger partial charge in [0.15, 0.2) is 0 Å². The average Bonchev–Trinajstić information content (AvgIpc) is 2.65. The van der Waals surface area contributed by atoms with E-state index in [1.54, 1.807) is 6.20 Å². The Morgan fingerprint density at radius 3 is 2.67 bits per heavy atom. The number of rotatable bonds is 5. The molecule has 1 atom stereocenters. The van der Waals surface area contributed by atoms with Crippen molar-refractivity contribution in [1.82, 2.24) is 15.0 Å². The van der Waals surface area contributed by atoms with Crippen molar-refractivity contribution in [2.45, 2.75) is 53.1 Å². The largest absolute Gasteiger partial charge is 0.322 e. The number of nitrogens with two attached hydrogens (primary N) is 1. The van der Waals surface area contributed by atoms with E-state index in [1.165, 1.54) is 0 Å². The lowest BCUT2D eigenvalue weighted by atomic mass is 9.81. The van der Waals surface area contributed by atoms with Crippen LogP contribution in [-0.4, -0.2) is 15.0 Å². The monoisotopic (exact) mass is 210 g/mol. The number of aromatic nitrogens is 3. The van der Waals surface area contributed by atoms with E-state index in [2.05, 4.69) is 38.0 Å². The number of aryl methyl sites for hydroxylation is 1. The minimum absolute atomic E-state index is 0.00375. The van der Waals surface area contributed by atoms with E-state index in [0.29, 0.717) is 0 Å². The second-order valence-corrected chi connectivity index (χ2v) is 4.70. The Morgan fingerprint density at radius 1 is 1.47 bits per heavy atom. The van der Waals surface area contributed by atoms with Gasteiger partial charge in [-0.2, -0.15) is 0 Å². The molecule has 0 aliphatic carbocycles. The Bertz CT molecular complexity index is 303. The summed E-state index contributed by atoms with van der Waals surface area (Å²) < 4.78 is 1.92. The van der Waals surface area contributed by atoms with Gasteiger partial charge in [-0.05, 0) is 18.3 Å². The first kappa shape index (κ1) is 12.2. The van der Waals surface area contributed by atoms with Crippen LogP contribution in [0.25, 0.3) is 0 Å². The molecule has 1 aromatic heterocycles. The van der Waals surface area contributed by atoms with Gasteiger partial charge >= 0.3 is 0 Å². The fourth-order valence-corrected chi connectivity index (χ4v) is 1.51. The van der Waals surface area contributed by atoms with E-state index < -0.39 is 0 Å². The molecule has 0 amide bonds. The second-order valence-electron chi connectivity index (χ2n) is 4.70. The van der Waals surface area contributed by atoms with Crippen molar-refractivity contribution in [3.05, 3.63) is 11.9 Å². The van der Waals surface area contributed by atoms with E-state index in [9.17, 15) is 0 Å². The van der Waals surface area contributed by atoms with Crippen molar-refractivity contribution >= 4 is 0 Å². The molecule has 1 rings (SSSR count). The molecular formula is C11H22N4. The van der Waals surface area contributed by atoms with Gasteiger partial charge in [0.1, 0.15) is 0 Å². The zero-order valence-electron chi connectivity index (χ0n) is 10.2. The maximum Gasteiger partial charge on any atom is 0.0759 e. The summed E-state index contributed by atoms with van der Waals surface area (Å²) in [5.74, 6) is 0. The zero-order chi connectivity index (χ0) is 11.5. The highest BCUT2D eigenvalue weighted by Gasteiger charge is 2.28. The van der Waals surface area contributed by atoms with Crippen LogP contribution in [0.2, 0.25) is 0 Å². The van der Waals surface area contributed by atoms with Crippen LogP contribution in [0.1, 0.15) is 52.3 Å². The van der Waals surface area contributed by atoms with Crippen molar-refractivity contribution in [1.29, 1.82) is 0 Å². The molecule has 0 aliphatic rings. The third-order valence-corrected chi connectivity index (χ3v) is 3.15. The maximum atomic E-state index is 6.26. The molecule has 4 heteroatoms. The lowest BCUT2D eigenvalue weighted by Gasteiger charge is -2.30. The Kier molecular flexibility index (Phi) is 3.85. The highest BCUT2D eigenvalue weighted by Crippen LogP contribution is 2.33. The Labute approximate surface area is 91.9 Å². The summed E-state index contributed by atoms with van der Waals surface area (Å²) in [6.45, 7) is 9.54. The lowest BCUT2D eigenvalue weighted by Crippen LogP contribution is -2.30. The maximum absolute atomic E-state index is 6.26. The quantitative estimate of drug-likeness (QED) is 0.810. The van der Waals surface area contributed by atoms with E-state index >= 15 is 0 Å². The first-order valence-electron chi connectivity index (χ1n) is 5.67. The van der Waals surface area contributed by atoms with Gasteiger partial charge in [-0.15, -0.1) is 5.10 Å². The fourth-order valence-electron chi connectivity index (χ4n) is 1.51. The van der Waals surface area contributed by atoms with Crippen LogP contribution in [0.4, 0.5) is 0 Å². The zero-order valence-corrected chi connectivity index (χ0v) is 10.2. The molecule has 86 valence electrons. The van der Waals surface area contributed by atoms with Gasteiger partial charge in [0, 0.05) is 6.54 Å². The topological polar surface area (TPSA) is 56.7 Å². The first-order valence-corrected chi connectivity index (χ1v) is 5.67. The summed E-state index contributed by atoms with van der Waals surface area (Å²) in [6.07, 6.45) is 3.89. The summed E-state index contributed by atoms with van der Waals surface area (Å²) in [6, 6.07) is 0.00375. The van der Waals surface area contributed by atoms with E-state index in [4.69, 9.17) is 5.73 Å². The van der Waals surface area contributed by atoms with Gasteiger partial charge in [0.25, 0.3) is 0 Å². The van der Waals surface area contributed by atoms with Gasteiger partial charge in [-0.25, -0.2) is 4.68 Å². The molecular weight excluding hydrogens is 188 g/mol. The molecule has 2 N–H and O–H groups in total.